The molecule has 116 valence electrons. The van der Waals surface area contributed by atoms with Gasteiger partial charge in [-0.15, -0.1) is 11.3 Å². The average Bonchev–Trinajstić information content (AvgIpc) is 3.08. The Morgan fingerprint density at radius 3 is 2.73 bits per heavy atom. The van der Waals surface area contributed by atoms with Gasteiger partial charge in [0.1, 0.15) is 5.75 Å². The van der Waals surface area contributed by atoms with Gasteiger partial charge in [0.15, 0.2) is 0 Å². The summed E-state index contributed by atoms with van der Waals surface area (Å²) in [6.45, 7) is 4.08. The molecule has 0 aliphatic carbocycles. The third kappa shape index (κ3) is 3.28. The maximum Gasteiger partial charge on any atom is 0.257 e. The first kappa shape index (κ1) is 15.0. The van der Waals surface area contributed by atoms with Gasteiger partial charge in [0.05, 0.1) is 23.9 Å². The molecule has 0 saturated carbocycles. The van der Waals surface area contributed by atoms with Crippen LogP contribution < -0.4 is 4.74 Å². The smallest absolute Gasteiger partial charge is 0.257 e. The minimum atomic E-state index is 0.0470. The molecule has 1 fully saturated rings. The predicted octanol–water partition coefficient (Wildman–Crippen LogP) is 2.11. The van der Waals surface area contributed by atoms with Crippen molar-refractivity contribution < 1.29 is 9.53 Å². The van der Waals surface area contributed by atoms with Crippen molar-refractivity contribution in [3.63, 3.8) is 0 Å². The monoisotopic (exact) mass is 317 g/mol. The Labute approximate surface area is 134 Å². The first-order valence-corrected chi connectivity index (χ1v) is 8.24. The molecule has 0 bridgehead atoms. The lowest BCUT2D eigenvalue weighted by Gasteiger charge is -2.34. The van der Waals surface area contributed by atoms with Gasteiger partial charge in [0.2, 0.25) is 0 Å². The summed E-state index contributed by atoms with van der Waals surface area (Å²) in [4.78, 5) is 21.2. The van der Waals surface area contributed by atoms with Crippen LogP contribution >= 0.6 is 11.3 Å². The van der Waals surface area contributed by atoms with Crippen molar-refractivity contribution in [1.29, 1.82) is 0 Å². The molecule has 1 aliphatic rings. The number of carbonyl (C=O) groups excluding carboxylic acids is 1. The van der Waals surface area contributed by atoms with Crippen LogP contribution in [0, 0.1) is 0 Å². The molecule has 0 unspecified atom stereocenters. The Bertz CT molecular complexity index is 622. The molecule has 5 nitrogen and oxygen atoms in total. The fourth-order valence-corrected chi connectivity index (χ4v) is 3.20. The second-order valence-electron chi connectivity index (χ2n) is 5.25. The highest BCUT2D eigenvalue weighted by molar-refractivity contribution is 7.07. The fourth-order valence-electron chi connectivity index (χ4n) is 2.65. The molecule has 1 aromatic carbocycles. The van der Waals surface area contributed by atoms with Gasteiger partial charge >= 0.3 is 0 Å². The first-order chi connectivity index (χ1) is 10.8. The molecule has 0 N–H and O–H groups in total. The number of para-hydroxylation sites is 1. The van der Waals surface area contributed by atoms with Gasteiger partial charge in [-0.25, -0.2) is 4.98 Å². The minimum Gasteiger partial charge on any atom is -0.496 e. The minimum absolute atomic E-state index is 0.0470. The molecule has 0 spiro atoms. The normalized spacial score (nSPS) is 15.8. The summed E-state index contributed by atoms with van der Waals surface area (Å²) in [6.07, 6.45) is 0. The van der Waals surface area contributed by atoms with E-state index in [1.807, 2.05) is 34.7 Å². The Balaban J connectivity index is 1.60. The number of thiazole rings is 1. The Hall–Kier alpha value is -1.92. The Kier molecular flexibility index (Phi) is 4.70. The number of piperazine rings is 1. The highest BCUT2D eigenvalue weighted by Gasteiger charge is 2.24. The number of methoxy groups -OCH3 is 1. The van der Waals surface area contributed by atoms with E-state index < -0.39 is 0 Å². The molecule has 1 saturated heterocycles. The summed E-state index contributed by atoms with van der Waals surface area (Å²) >= 11 is 1.62. The van der Waals surface area contributed by atoms with Gasteiger partial charge in [-0.2, -0.15) is 0 Å². The zero-order chi connectivity index (χ0) is 15.4. The average molecular weight is 317 g/mol. The van der Waals surface area contributed by atoms with Crippen molar-refractivity contribution in [2.75, 3.05) is 33.3 Å². The Morgan fingerprint density at radius 2 is 2.05 bits per heavy atom. The van der Waals surface area contributed by atoms with Gasteiger partial charge < -0.3 is 9.64 Å². The molecular weight excluding hydrogens is 298 g/mol. The van der Waals surface area contributed by atoms with E-state index in [1.54, 1.807) is 18.4 Å². The van der Waals surface area contributed by atoms with E-state index in [2.05, 4.69) is 15.3 Å². The highest BCUT2D eigenvalue weighted by atomic mass is 32.1. The highest BCUT2D eigenvalue weighted by Crippen LogP contribution is 2.20. The number of rotatable bonds is 4. The summed E-state index contributed by atoms with van der Waals surface area (Å²) in [5.74, 6) is 0.683. The maximum absolute atomic E-state index is 12.6. The number of hydrogen-bond donors (Lipinski definition) is 0. The van der Waals surface area contributed by atoms with Gasteiger partial charge in [0.25, 0.3) is 5.91 Å². The number of aromatic nitrogens is 1. The molecule has 2 aromatic rings. The number of benzene rings is 1. The van der Waals surface area contributed by atoms with Crippen LogP contribution in [0.25, 0.3) is 0 Å². The van der Waals surface area contributed by atoms with E-state index in [1.165, 1.54) is 0 Å². The summed E-state index contributed by atoms with van der Waals surface area (Å²) in [7, 11) is 1.60. The molecule has 2 heterocycles. The maximum atomic E-state index is 12.6. The van der Waals surface area contributed by atoms with Crippen LogP contribution in [-0.2, 0) is 6.54 Å². The van der Waals surface area contributed by atoms with Gasteiger partial charge in [-0.3, -0.25) is 9.69 Å². The van der Waals surface area contributed by atoms with Crippen molar-refractivity contribution in [1.82, 2.24) is 14.8 Å². The lowest BCUT2D eigenvalue weighted by atomic mass is 10.1. The SMILES string of the molecule is COc1ccccc1C(=O)N1CCN(Cc2cscn2)CC1. The van der Waals surface area contributed by atoms with Crippen LogP contribution in [-0.4, -0.2) is 54.0 Å². The number of nitrogens with zero attached hydrogens (tertiary/aromatic N) is 3. The van der Waals surface area contributed by atoms with Gasteiger partial charge in [-0.05, 0) is 12.1 Å². The number of ether oxygens (including phenoxy) is 1. The first-order valence-electron chi connectivity index (χ1n) is 7.29. The topological polar surface area (TPSA) is 45.7 Å². The van der Waals surface area contributed by atoms with E-state index in [4.69, 9.17) is 4.74 Å². The van der Waals surface area contributed by atoms with Crippen molar-refractivity contribution in [3.8, 4) is 5.75 Å². The summed E-state index contributed by atoms with van der Waals surface area (Å²) in [5, 5.41) is 2.08. The van der Waals surface area contributed by atoms with Crippen LogP contribution in [0.3, 0.4) is 0 Å². The number of hydrogen-bond acceptors (Lipinski definition) is 5. The van der Waals surface area contributed by atoms with E-state index in [0.717, 1.165) is 38.4 Å². The Morgan fingerprint density at radius 1 is 1.27 bits per heavy atom. The molecule has 6 heteroatoms. The predicted molar refractivity (Wildman–Crippen MR) is 86.3 cm³/mol. The molecule has 0 atom stereocenters. The molecular formula is C16H19N3O2S. The third-order valence-electron chi connectivity index (χ3n) is 3.87. The van der Waals surface area contributed by atoms with Crippen molar-refractivity contribution in [2.45, 2.75) is 6.54 Å². The molecule has 1 amide bonds. The fraction of sp³-hybridized carbons (Fsp3) is 0.375. The number of carbonyl (C=O) groups is 1. The van der Waals surface area contributed by atoms with Crippen molar-refractivity contribution in [3.05, 3.63) is 46.4 Å². The zero-order valence-electron chi connectivity index (χ0n) is 12.6. The summed E-state index contributed by atoms with van der Waals surface area (Å²) in [6, 6.07) is 7.39. The van der Waals surface area contributed by atoms with E-state index in [9.17, 15) is 4.79 Å². The van der Waals surface area contributed by atoms with Gasteiger partial charge in [-0.1, -0.05) is 12.1 Å². The van der Waals surface area contributed by atoms with Crippen LogP contribution in [0.15, 0.2) is 35.2 Å². The molecule has 1 aromatic heterocycles. The van der Waals surface area contributed by atoms with E-state index in [0.29, 0.717) is 11.3 Å². The molecule has 22 heavy (non-hydrogen) atoms. The lowest BCUT2D eigenvalue weighted by molar-refractivity contribution is 0.0624. The quantitative estimate of drug-likeness (QED) is 0.866. The zero-order valence-corrected chi connectivity index (χ0v) is 13.4. The van der Waals surface area contributed by atoms with Crippen molar-refractivity contribution in [2.24, 2.45) is 0 Å². The van der Waals surface area contributed by atoms with Crippen LogP contribution in [0.5, 0.6) is 5.75 Å². The molecule has 3 rings (SSSR count). The van der Waals surface area contributed by atoms with Crippen LogP contribution in [0.1, 0.15) is 16.1 Å². The van der Waals surface area contributed by atoms with E-state index in [-0.39, 0.29) is 5.91 Å². The lowest BCUT2D eigenvalue weighted by Crippen LogP contribution is -2.48. The molecule has 0 radical (unpaired) electrons. The van der Waals surface area contributed by atoms with Crippen LogP contribution in [0.2, 0.25) is 0 Å². The largest absolute Gasteiger partial charge is 0.496 e. The van der Waals surface area contributed by atoms with E-state index >= 15 is 0 Å². The van der Waals surface area contributed by atoms with Gasteiger partial charge in [0, 0.05) is 38.1 Å². The summed E-state index contributed by atoms with van der Waals surface area (Å²) in [5.41, 5.74) is 3.60. The molecule has 1 aliphatic heterocycles. The second-order valence-corrected chi connectivity index (χ2v) is 5.97. The standard InChI is InChI=1S/C16H19N3O2S/c1-21-15-5-3-2-4-14(15)16(20)19-8-6-18(7-9-19)10-13-11-22-12-17-13/h2-5,11-12H,6-10H2,1H3. The number of amides is 1. The summed E-state index contributed by atoms with van der Waals surface area (Å²) < 4.78 is 5.28. The van der Waals surface area contributed by atoms with Crippen LogP contribution in [0.4, 0.5) is 0 Å². The van der Waals surface area contributed by atoms with Crippen molar-refractivity contribution >= 4 is 17.2 Å². The second kappa shape index (κ2) is 6.89. The third-order valence-corrected chi connectivity index (χ3v) is 4.50.